The van der Waals surface area contributed by atoms with Gasteiger partial charge in [0, 0.05) is 25.6 Å². The number of anilines is 1. The number of carbonyl (C=O) groups excluding carboxylic acids is 2. The molecule has 2 amide bonds. The molecule has 5 rings (SSSR count). The maximum Gasteiger partial charge on any atom is 0.345 e. The molecule has 1 saturated carbocycles. The van der Waals surface area contributed by atoms with Gasteiger partial charge in [0.2, 0.25) is 5.91 Å². The summed E-state index contributed by atoms with van der Waals surface area (Å²) >= 11 is 4.76. The summed E-state index contributed by atoms with van der Waals surface area (Å²) in [5.74, 6) is 3.68. The van der Waals surface area contributed by atoms with Crippen molar-refractivity contribution in [2.24, 2.45) is 5.73 Å². The third-order valence-corrected chi connectivity index (χ3v) is 7.49. The van der Waals surface area contributed by atoms with Gasteiger partial charge in [0.25, 0.3) is 5.91 Å². The van der Waals surface area contributed by atoms with E-state index in [0.29, 0.717) is 17.1 Å². The average molecular weight is 574 g/mol. The lowest BCUT2D eigenvalue weighted by Gasteiger charge is -2.26. The Kier molecular flexibility index (Phi) is 7.28. The number of primary amides is 1. The first-order chi connectivity index (χ1) is 19.1. The Morgan fingerprint density at radius 3 is 2.75 bits per heavy atom. The van der Waals surface area contributed by atoms with Gasteiger partial charge in [-0.25, -0.2) is 14.1 Å². The van der Waals surface area contributed by atoms with Gasteiger partial charge in [0.05, 0.1) is 42.1 Å². The van der Waals surface area contributed by atoms with Gasteiger partial charge >= 0.3 is 6.61 Å². The second kappa shape index (κ2) is 10.5. The fourth-order valence-electron chi connectivity index (χ4n) is 5.00. The number of hydrogen-bond acceptors (Lipinski definition) is 7. The van der Waals surface area contributed by atoms with E-state index in [9.17, 15) is 18.4 Å². The number of amides is 2. The number of nitrogens with one attached hydrogen (secondary N) is 1. The van der Waals surface area contributed by atoms with Crippen molar-refractivity contribution in [1.82, 2.24) is 24.2 Å². The van der Waals surface area contributed by atoms with Crippen LogP contribution in [-0.4, -0.2) is 68.9 Å². The van der Waals surface area contributed by atoms with Crippen LogP contribution in [-0.2, 0) is 14.4 Å². The molecule has 1 aromatic carbocycles. The van der Waals surface area contributed by atoms with Crippen LogP contribution in [0.4, 0.5) is 19.0 Å². The molecule has 3 aromatic rings. The zero-order valence-corrected chi connectivity index (χ0v) is 22.3. The monoisotopic (exact) mass is 573 g/mol. The van der Waals surface area contributed by atoms with Gasteiger partial charge in [-0.05, 0) is 30.9 Å². The van der Waals surface area contributed by atoms with Gasteiger partial charge in [-0.1, -0.05) is 12.5 Å². The smallest absolute Gasteiger partial charge is 0.345 e. The van der Waals surface area contributed by atoms with Crippen LogP contribution in [0.5, 0.6) is 0 Å². The fourth-order valence-corrected chi connectivity index (χ4v) is 5.51. The van der Waals surface area contributed by atoms with Crippen molar-refractivity contribution in [2.75, 3.05) is 25.5 Å². The molecule has 10 nitrogen and oxygen atoms in total. The van der Waals surface area contributed by atoms with E-state index in [-0.39, 0.29) is 35.6 Å². The Bertz CT molecular complexity index is 1570. The molecule has 2 fully saturated rings. The number of carbonyl (C=O) groups is 2. The second-order valence-electron chi connectivity index (χ2n) is 9.66. The summed E-state index contributed by atoms with van der Waals surface area (Å²) in [4.78, 5) is 29.4. The average Bonchev–Trinajstić information content (AvgIpc) is 3.41. The molecule has 0 radical (unpaired) electrons. The summed E-state index contributed by atoms with van der Waals surface area (Å²) in [5.41, 5.74) is 6.85. The summed E-state index contributed by atoms with van der Waals surface area (Å²) in [6.45, 7) is -0.0921. The predicted molar refractivity (Wildman–Crippen MR) is 143 cm³/mol. The second-order valence-corrected chi connectivity index (χ2v) is 10.5. The van der Waals surface area contributed by atoms with E-state index in [0.717, 1.165) is 18.9 Å². The number of rotatable bonds is 8. The number of nitrogens with two attached hydrogens (primary N) is 1. The molecule has 2 aliphatic rings. The lowest BCUT2D eigenvalue weighted by molar-refractivity contribution is -0.146. The van der Waals surface area contributed by atoms with Crippen molar-refractivity contribution < 1.29 is 27.5 Å². The Morgan fingerprint density at radius 2 is 2.12 bits per heavy atom. The molecule has 3 N–H and O–H groups in total. The van der Waals surface area contributed by atoms with E-state index in [1.807, 2.05) is 4.57 Å². The van der Waals surface area contributed by atoms with E-state index in [2.05, 4.69) is 38.6 Å². The number of halogens is 3. The van der Waals surface area contributed by atoms with Crippen molar-refractivity contribution in [3.63, 3.8) is 0 Å². The number of benzene rings is 1. The zero-order chi connectivity index (χ0) is 28.8. The number of thiol groups is 1. The molecule has 3 heterocycles. The normalized spacial score (nSPS) is 20.6. The highest BCUT2D eigenvalue weighted by molar-refractivity contribution is 7.81. The molecule has 0 bridgehead atoms. The lowest BCUT2D eigenvalue weighted by Crippen LogP contribution is -2.39. The van der Waals surface area contributed by atoms with Crippen LogP contribution < -0.4 is 11.1 Å². The number of aromatic nitrogens is 4. The molecule has 2 aromatic heterocycles. The van der Waals surface area contributed by atoms with Gasteiger partial charge in [-0.2, -0.15) is 13.9 Å². The first kappa shape index (κ1) is 27.6. The van der Waals surface area contributed by atoms with E-state index in [1.165, 1.54) is 28.8 Å². The summed E-state index contributed by atoms with van der Waals surface area (Å²) in [5, 5.41) is 7.32. The van der Waals surface area contributed by atoms with Crippen LogP contribution in [0.1, 0.15) is 46.9 Å². The van der Waals surface area contributed by atoms with Gasteiger partial charge in [-0.3, -0.25) is 9.59 Å². The van der Waals surface area contributed by atoms with E-state index >= 15 is 4.39 Å². The number of alkyl halides is 2. The minimum atomic E-state index is -3.03. The van der Waals surface area contributed by atoms with Crippen LogP contribution in [0.2, 0.25) is 0 Å². The van der Waals surface area contributed by atoms with Gasteiger partial charge < -0.3 is 25.3 Å². The zero-order valence-electron chi connectivity index (χ0n) is 21.4. The topological polar surface area (TPSA) is 120 Å². The maximum atomic E-state index is 15.0. The quantitative estimate of drug-likeness (QED) is 0.217. The standard InChI is InChI=1S/C26H26F3N7O3S/c1-3-21(37)34-12-26(40,10-16(34)11-39-25(28)29)36-24(31-2)22(23(30)38)18(33-36)7-4-14-8-19-20(9-17(14)27)35(13-32-19)15-5-6-15/h3,8-9,13,15-16,25,31,40H,1,5-6,10-12H2,2H3,(H2,30,38)/t16-,26-/m1/s1. The van der Waals surface area contributed by atoms with Crippen LogP contribution in [0.15, 0.2) is 31.1 Å². The number of likely N-dealkylation sites (tertiary alicyclic amines) is 1. The third-order valence-electron chi connectivity index (χ3n) is 6.98. The van der Waals surface area contributed by atoms with Crippen molar-refractivity contribution in [3.8, 4) is 11.8 Å². The number of nitrogens with zero attached hydrogens (tertiary/aromatic N) is 5. The summed E-state index contributed by atoms with van der Waals surface area (Å²) < 4.78 is 48.3. The molecule has 40 heavy (non-hydrogen) atoms. The minimum absolute atomic E-state index is 0.0405. The predicted octanol–water partition coefficient (Wildman–Crippen LogP) is 2.86. The first-order valence-corrected chi connectivity index (χ1v) is 12.8. The Labute approximate surface area is 232 Å². The number of imidazole rings is 1. The molecule has 1 aliphatic heterocycles. The SMILES string of the molecule is C=CC(=O)N1C[C@@](S)(n2nc(C#Cc3cc4ncn(C5CC5)c4cc3F)c(C(N)=O)c2NC)C[C@@H]1COC(F)F. The van der Waals surface area contributed by atoms with Crippen LogP contribution >= 0.6 is 12.6 Å². The molecule has 1 aliphatic carbocycles. The summed E-state index contributed by atoms with van der Waals surface area (Å²) in [6, 6.07) is 2.45. The number of hydrogen-bond donors (Lipinski definition) is 3. The van der Waals surface area contributed by atoms with E-state index in [1.54, 1.807) is 6.33 Å². The van der Waals surface area contributed by atoms with Gasteiger partial charge in [0.1, 0.15) is 22.1 Å². The van der Waals surface area contributed by atoms with Crippen LogP contribution in [0, 0.1) is 17.7 Å². The molecule has 14 heteroatoms. The number of fused-ring (bicyclic) bond motifs is 1. The minimum Gasteiger partial charge on any atom is -0.373 e. The van der Waals surface area contributed by atoms with Crippen molar-refractivity contribution in [2.45, 2.75) is 42.8 Å². The Morgan fingerprint density at radius 1 is 1.38 bits per heavy atom. The molecular weight excluding hydrogens is 547 g/mol. The summed E-state index contributed by atoms with van der Waals surface area (Å²) in [7, 11) is 1.52. The van der Waals surface area contributed by atoms with Crippen molar-refractivity contribution in [3.05, 3.63) is 53.8 Å². The first-order valence-electron chi connectivity index (χ1n) is 12.4. The third kappa shape index (κ3) is 5.02. The molecular formula is C26H26F3N7O3S. The van der Waals surface area contributed by atoms with Gasteiger partial charge in [0.15, 0.2) is 5.69 Å². The van der Waals surface area contributed by atoms with Crippen molar-refractivity contribution >= 4 is 41.3 Å². The lowest BCUT2D eigenvalue weighted by atomic mass is 10.1. The highest BCUT2D eigenvalue weighted by Crippen LogP contribution is 2.41. The molecule has 2 atom stereocenters. The fraction of sp³-hybridized carbons (Fsp3) is 0.385. The maximum absolute atomic E-state index is 15.0. The molecule has 0 spiro atoms. The number of ether oxygens (including phenoxy) is 1. The van der Waals surface area contributed by atoms with Gasteiger partial charge in [-0.15, -0.1) is 12.6 Å². The van der Waals surface area contributed by atoms with Crippen LogP contribution in [0.25, 0.3) is 11.0 Å². The molecule has 210 valence electrons. The molecule has 0 unspecified atom stereocenters. The van der Waals surface area contributed by atoms with Crippen molar-refractivity contribution in [1.29, 1.82) is 0 Å². The highest BCUT2D eigenvalue weighted by Gasteiger charge is 2.47. The highest BCUT2D eigenvalue weighted by atomic mass is 32.1. The Hall–Kier alpha value is -3.96. The molecule has 1 saturated heterocycles. The summed E-state index contributed by atoms with van der Waals surface area (Å²) in [6.07, 6.45) is 4.82. The van der Waals surface area contributed by atoms with Crippen LogP contribution in [0.3, 0.4) is 0 Å². The Balaban J connectivity index is 1.53. The van der Waals surface area contributed by atoms with E-state index in [4.69, 9.17) is 18.4 Å². The van der Waals surface area contributed by atoms with E-state index < -0.39 is 41.8 Å². The largest absolute Gasteiger partial charge is 0.373 e.